The first-order chi connectivity index (χ1) is 12.6. The van der Waals surface area contributed by atoms with Crippen molar-refractivity contribution < 1.29 is 9.72 Å². The van der Waals surface area contributed by atoms with Crippen molar-refractivity contribution in [1.29, 1.82) is 5.26 Å². The van der Waals surface area contributed by atoms with Crippen LogP contribution in [0, 0.1) is 21.4 Å². The van der Waals surface area contributed by atoms with Crippen LogP contribution in [0.2, 0.25) is 0 Å². The van der Waals surface area contributed by atoms with Crippen molar-refractivity contribution in [3.63, 3.8) is 0 Å². The molecule has 2 aromatic carbocycles. The van der Waals surface area contributed by atoms with E-state index in [0.717, 1.165) is 16.5 Å². The standard InChI is InChI=1S/C18H13N5O3/c19-9-10-22-12-14(16-3-1-2-4-17(16)22)11-20-21-18(24)13-5-7-15(8-6-13)23(25)26/h1-8,11-12H,10H2,(H,21,24)/b20-11-. The number of amides is 1. The summed E-state index contributed by atoms with van der Waals surface area (Å²) in [6, 6.07) is 14.9. The van der Waals surface area contributed by atoms with Crippen molar-refractivity contribution >= 4 is 28.7 Å². The third-order valence-electron chi connectivity index (χ3n) is 3.77. The first-order valence-corrected chi connectivity index (χ1v) is 7.63. The minimum absolute atomic E-state index is 0.0876. The lowest BCUT2D eigenvalue weighted by Gasteiger charge is -1.99. The number of nitro benzene ring substituents is 1. The van der Waals surface area contributed by atoms with E-state index in [9.17, 15) is 14.9 Å². The Morgan fingerprint density at radius 3 is 2.69 bits per heavy atom. The van der Waals surface area contributed by atoms with Crippen molar-refractivity contribution in [3.8, 4) is 6.07 Å². The highest BCUT2D eigenvalue weighted by atomic mass is 16.6. The number of rotatable bonds is 5. The van der Waals surface area contributed by atoms with Crippen molar-refractivity contribution in [3.05, 3.63) is 76.0 Å². The van der Waals surface area contributed by atoms with E-state index in [1.54, 1.807) is 10.8 Å². The SMILES string of the molecule is N#CCn1cc(/C=N\NC(=O)c2ccc([N+](=O)[O-])cc2)c2ccccc21. The number of nitriles is 1. The number of fused-ring (bicyclic) bond motifs is 1. The summed E-state index contributed by atoms with van der Waals surface area (Å²) in [6.45, 7) is 0.212. The van der Waals surface area contributed by atoms with Gasteiger partial charge < -0.3 is 4.57 Å². The lowest BCUT2D eigenvalue weighted by molar-refractivity contribution is -0.384. The van der Waals surface area contributed by atoms with E-state index in [1.165, 1.54) is 30.5 Å². The van der Waals surface area contributed by atoms with Crippen molar-refractivity contribution in [2.24, 2.45) is 5.10 Å². The molecule has 1 amide bonds. The largest absolute Gasteiger partial charge is 0.333 e. The molecule has 0 spiro atoms. The molecule has 26 heavy (non-hydrogen) atoms. The zero-order valence-electron chi connectivity index (χ0n) is 13.5. The van der Waals surface area contributed by atoms with Gasteiger partial charge in [0.25, 0.3) is 11.6 Å². The maximum Gasteiger partial charge on any atom is 0.271 e. The molecule has 0 unspecified atom stereocenters. The molecular weight excluding hydrogens is 334 g/mol. The number of nitrogens with one attached hydrogen (secondary N) is 1. The van der Waals surface area contributed by atoms with Gasteiger partial charge in [-0.25, -0.2) is 5.43 Å². The Labute approximate surface area is 148 Å². The van der Waals surface area contributed by atoms with E-state index in [-0.39, 0.29) is 17.8 Å². The van der Waals surface area contributed by atoms with E-state index in [0.29, 0.717) is 0 Å². The fourth-order valence-electron chi connectivity index (χ4n) is 2.54. The summed E-state index contributed by atoms with van der Waals surface area (Å²) in [5.74, 6) is -0.475. The molecule has 3 rings (SSSR count). The second-order valence-corrected chi connectivity index (χ2v) is 5.39. The maximum atomic E-state index is 12.0. The molecule has 1 N–H and O–H groups in total. The molecular formula is C18H13N5O3. The Morgan fingerprint density at radius 1 is 1.27 bits per heavy atom. The van der Waals surface area contributed by atoms with E-state index in [4.69, 9.17) is 5.26 Å². The number of nitrogens with zero attached hydrogens (tertiary/aromatic N) is 4. The van der Waals surface area contributed by atoms with Gasteiger partial charge in [-0.3, -0.25) is 14.9 Å². The van der Waals surface area contributed by atoms with E-state index in [1.807, 2.05) is 24.3 Å². The molecule has 0 saturated heterocycles. The molecule has 0 aliphatic rings. The van der Waals surface area contributed by atoms with Gasteiger partial charge >= 0.3 is 0 Å². The van der Waals surface area contributed by atoms with Crippen molar-refractivity contribution in [2.75, 3.05) is 0 Å². The van der Waals surface area contributed by atoms with E-state index >= 15 is 0 Å². The third kappa shape index (κ3) is 3.42. The Hall–Kier alpha value is -3.99. The molecule has 0 radical (unpaired) electrons. The van der Waals surface area contributed by atoms with Crippen LogP contribution in [0.3, 0.4) is 0 Å². The average Bonchev–Trinajstić information content (AvgIpc) is 3.00. The quantitative estimate of drug-likeness (QED) is 0.434. The molecule has 0 atom stereocenters. The summed E-state index contributed by atoms with van der Waals surface area (Å²) in [7, 11) is 0. The zero-order chi connectivity index (χ0) is 18.5. The number of non-ortho nitro benzene ring substituents is 1. The molecule has 0 aliphatic heterocycles. The summed E-state index contributed by atoms with van der Waals surface area (Å²) < 4.78 is 1.80. The van der Waals surface area contributed by atoms with Gasteiger partial charge in [0.2, 0.25) is 0 Å². The van der Waals surface area contributed by atoms with Gasteiger partial charge in [0.05, 0.1) is 17.2 Å². The highest BCUT2D eigenvalue weighted by Crippen LogP contribution is 2.19. The predicted molar refractivity (Wildman–Crippen MR) is 95.7 cm³/mol. The third-order valence-corrected chi connectivity index (χ3v) is 3.77. The lowest BCUT2D eigenvalue weighted by atomic mass is 10.2. The van der Waals surface area contributed by atoms with Gasteiger partial charge in [0.15, 0.2) is 0 Å². The number of hydrogen-bond acceptors (Lipinski definition) is 5. The molecule has 8 heteroatoms. The number of para-hydroxylation sites is 1. The smallest absolute Gasteiger partial charge is 0.271 e. The number of hydrazone groups is 1. The molecule has 0 saturated carbocycles. The van der Waals surface area contributed by atoms with Crippen molar-refractivity contribution in [1.82, 2.24) is 9.99 Å². The number of nitro groups is 1. The van der Waals surface area contributed by atoms with Crippen LogP contribution in [0.15, 0.2) is 59.8 Å². The minimum atomic E-state index is -0.531. The number of benzene rings is 2. The van der Waals surface area contributed by atoms with E-state index < -0.39 is 10.8 Å². The van der Waals surface area contributed by atoms with Crippen LogP contribution in [0.5, 0.6) is 0 Å². The van der Waals surface area contributed by atoms with Gasteiger partial charge in [-0.15, -0.1) is 0 Å². The number of carbonyl (C=O) groups excluding carboxylic acids is 1. The van der Waals surface area contributed by atoms with Crippen LogP contribution in [0.4, 0.5) is 5.69 Å². The van der Waals surface area contributed by atoms with Gasteiger partial charge in [-0.05, 0) is 18.2 Å². The number of carbonyl (C=O) groups is 1. The summed E-state index contributed by atoms with van der Waals surface area (Å²) in [5, 5.41) is 24.4. The predicted octanol–water partition coefficient (Wildman–Crippen LogP) is 2.84. The van der Waals surface area contributed by atoms with Crippen LogP contribution < -0.4 is 5.43 Å². The molecule has 3 aromatic rings. The highest BCUT2D eigenvalue weighted by Gasteiger charge is 2.09. The van der Waals surface area contributed by atoms with E-state index in [2.05, 4.69) is 16.6 Å². The summed E-state index contributed by atoms with van der Waals surface area (Å²) >= 11 is 0. The summed E-state index contributed by atoms with van der Waals surface area (Å²) in [5.41, 5.74) is 4.23. The van der Waals surface area contributed by atoms with Crippen LogP contribution in [-0.2, 0) is 6.54 Å². The Bertz CT molecular complexity index is 1040. The van der Waals surface area contributed by atoms with Crippen LogP contribution >= 0.6 is 0 Å². The topological polar surface area (TPSA) is 113 Å². The molecule has 0 aliphatic carbocycles. The fraction of sp³-hybridized carbons (Fsp3) is 0.0556. The molecule has 8 nitrogen and oxygen atoms in total. The zero-order valence-corrected chi connectivity index (χ0v) is 13.5. The second-order valence-electron chi connectivity index (χ2n) is 5.39. The van der Waals surface area contributed by atoms with Gasteiger partial charge in [-0.1, -0.05) is 18.2 Å². The Morgan fingerprint density at radius 2 is 2.00 bits per heavy atom. The normalized spacial score (nSPS) is 10.7. The van der Waals surface area contributed by atoms with Crippen LogP contribution in [0.25, 0.3) is 10.9 Å². The number of hydrogen-bond donors (Lipinski definition) is 1. The van der Waals surface area contributed by atoms with Crippen molar-refractivity contribution in [2.45, 2.75) is 6.54 Å². The highest BCUT2D eigenvalue weighted by molar-refractivity contribution is 6.00. The fourth-order valence-corrected chi connectivity index (χ4v) is 2.54. The maximum absolute atomic E-state index is 12.0. The molecule has 1 heterocycles. The lowest BCUT2D eigenvalue weighted by Crippen LogP contribution is -2.17. The average molecular weight is 347 g/mol. The first-order valence-electron chi connectivity index (χ1n) is 7.63. The molecule has 0 bridgehead atoms. The first kappa shape index (κ1) is 16.9. The van der Waals surface area contributed by atoms with Crippen LogP contribution in [0.1, 0.15) is 15.9 Å². The van der Waals surface area contributed by atoms with Gasteiger partial charge in [0.1, 0.15) is 6.54 Å². The summed E-state index contributed by atoms with van der Waals surface area (Å²) in [4.78, 5) is 22.1. The molecule has 0 fully saturated rings. The second kappa shape index (κ2) is 7.27. The molecule has 128 valence electrons. The van der Waals surface area contributed by atoms with Gasteiger partial charge in [-0.2, -0.15) is 10.4 Å². The minimum Gasteiger partial charge on any atom is -0.333 e. The monoisotopic (exact) mass is 347 g/mol. The number of aromatic nitrogens is 1. The van der Waals surface area contributed by atoms with Crippen LogP contribution in [-0.4, -0.2) is 21.6 Å². The van der Waals surface area contributed by atoms with Gasteiger partial charge in [0, 0.05) is 40.4 Å². The Kier molecular flexibility index (Phi) is 4.71. The summed E-state index contributed by atoms with van der Waals surface area (Å²) in [6.07, 6.45) is 3.29. The molecule has 1 aromatic heterocycles. The Balaban J connectivity index is 1.76.